The third-order valence-corrected chi connectivity index (χ3v) is 4.29. The second-order valence-corrected chi connectivity index (χ2v) is 6.21. The fraction of sp³-hybridized carbons (Fsp3) is 0.250. The summed E-state index contributed by atoms with van der Waals surface area (Å²) >= 11 is 0. The normalized spacial score (nSPS) is 11.7. The van der Waals surface area contributed by atoms with Gasteiger partial charge < -0.3 is 14.0 Å². The molecule has 152 valence electrons. The molecule has 1 aromatic heterocycles. The van der Waals surface area contributed by atoms with E-state index in [1.807, 2.05) is 31.2 Å². The minimum Gasteiger partial charge on any atom is -0.493 e. The number of aryl methyl sites for hydroxylation is 1. The van der Waals surface area contributed by atoms with Crippen LogP contribution < -0.4 is 14.9 Å². The minimum atomic E-state index is -2.95. The van der Waals surface area contributed by atoms with Gasteiger partial charge in [0.25, 0.3) is 5.91 Å². The van der Waals surface area contributed by atoms with E-state index in [0.717, 1.165) is 16.9 Å². The van der Waals surface area contributed by atoms with Crippen molar-refractivity contribution in [3.8, 4) is 11.5 Å². The summed E-state index contributed by atoms with van der Waals surface area (Å²) in [5.74, 6) is 0.469. The van der Waals surface area contributed by atoms with E-state index >= 15 is 0 Å². The smallest absolute Gasteiger partial charge is 0.387 e. The first kappa shape index (κ1) is 20.2. The number of carbonyl (C=O) groups excluding carboxylic acids is 1. The predicted molar refractivity (Wildman–Crippen MR) is 104 cm³/mol. The van der Waals surface area contributed by atoms with Crippen LogP contribution >= 0.6 is 0 Å². The lowest BCUT2D eigenvalue weighted by atomic mass is 10.1. The maximum Gasteiger partial charge on any atom is 0.387 e. The van der Waals surface area contributed by atoms with Crippen LogP contribution in [0.3, 0.4) is 0 Å². The van der Waals surface area contributed by atoms with Gasteiger partial charge in [0.2, 0.25) is 0 Å². The summed E-state index contributed by atoms with van der Waals surface area (Å²) in [6.45, 7) is 0.622. The van der Waals surface area contributed by atoms with E-state index in [1.165, 1.54) is 19.2 Å². The number of halogens is 2. The Kier molecular flexibility index (Phi) is 6.06. The molecule has 9 heteroatoms. The molecule has 1 N–H and O–H groups in total. The monoisotopic (exact) mass is 402 g/mol. The maximum atomic E-state index is 12.4. The van der Waals surface area contributed by atoms with Crippen molar-refractivity contribution in [3.63, 3.8) is 0 Å². The Bertz CT molecular complexity index is 1060. The molecule has 0 aliphatic carbocycles. The van der Waals surface area contributed by atoms with Crippen molar-refractivity contribution in [1.29, 1.82) is 0 Å². The number of hydrogen-bond donors (Lipinski definition) is 1. The molecule has 0 saturated carbocycles. The summed E-state index contributed by atoms with van der Waals surface area (Å²) < 4.78 is 36.1. The highest BCUT2D eigenvalue weighted by atomic mass is 19.3. The van der Waals surface area contributed by atoms with Crippen LogP contribution in [0.1, 0.15) is 18.3 Å². The number of nitrogens with one attached hydrogen (secondary N) is 1. The zero-order chi connectivity index (χ0) is 21.0. The first-order valence-electron chi connectivity index (χ1n) is 8.77. The van der Waals surface area contributed by atoms with Gasteiger partial charge in [0.15, 0.2) is 11.5 Å². The van der Waals surface area contributed by atoms with Gasteiger partial charge in [-0.15, -0.1) is 0 Å². The molecule has 0 unspecified atom stereocenters. The van der Waals surface area contributed by atoms with E-state index in [4.69, 9.17) is 4.74 Å². The van der Waals surface area contributed by atoms with Crippen LogP contribution in [-0.2, 0) is 11.3 Å². The highest BCUT2D eigenvalue weighted by Crippen LogP contribution is 2.29. The minimum absolute atomic E-state index is 0.0631. The fourth-order valence-corrected chi connectivity index (χ4v) is 2.87. The number of hydrogen-bond acceptors (Lipinski definition) is 5. The number of carbonyl (C=O) groups is 1. The van der Waals surface area contributed by atoms with Crippen LogP contribution in [0.15, 0.2) is 47.6 Å². The number of aromatic nitrogens is 2. The number of fused-ring (bicyclic) bond motifs is 1. The number of para-hydroxylation sites is 2. The number of hydrazone groups is 1. The van der Waals surface area contributed by atoms with Crippen molar-refractivity contribution in [2.45, 2.75) is 27.0 Å². The van der Waals surface area contributed by atoms with Gasteiger partial charge in [-0.05, 0) is 44.2 Å². The number of amides is 1. The van der Waals surface area contributed by atoms with Gasteiger partial charge in [-0.25, -0.2) is 10.4 Å². The third-order valence-electron chi connectivity index (χ3n) is 4.29. The summed E-state index contributed by atoms with van der Waals surface area (Å²) in [4.78, 5) is 16.8. The van der Waals surface area contributed by atoms with E-state index in [-0.39, 0.29) is 24.0 Å². The lowest BCUT2D eigenvalue weighted by Crippen LogP contribution is -2.24. The number of rotatable bonds is 7. The Morgan fingerprint density at radius 2 is 2.00 bits per heavy atom. The van der Waals surface area contributed by atoms with Gasteiger partial charge in [0.05, 0.1) is 23.9 Å². The molecule has 0 spiro atoms. The molecule has 1 amide bonds. The maximum absolute atomic E-state index is 12.4. The van der Waals surface area contributed by atoms with Crippen molar-refractivity contribution in [2.75, 3.05) is 7.11 Å². The first-order valence-corrected chi connectivity index (χ1v) is 8.77. The molecule has 0 aliphatic heterocycles. The highest BCUT2D eigenvalue weighted by molar-refractivity contribution is 5.99. The molecule has 7 nitrogen and oxygen atoms in total. The molecule has 0 atom stereocenters. The zero-order valence-electron chi connectivity index (χ0n) is 16.1. The molecule has 3 aromatic rings. The molecule has 0 bridgehead atoms. The number of nitrogens with zero attached hydrogens (tertiary/aromatic N) is 3. The average molecular weight is 402 g/mol. The quantitative estimate of drug-likeness (QED) is 0.485. The molecule has 3 rings (SSSR count). The van der Waals surface area contributed by atoms with Gasteiger partial charge in [-0.2, -0.15) is 13.9 Å². The number of methoxy groups -OCH3 is 1. The van der Waals surface area contributed by atoms with Crippen molar-refractivity contribution in [1.82, 2.24) is 15.0 Å². The Morgan fingerprint density at radius 3 is 2.72 bits per heavy atom. The van der Waals surface area contributed by atoms with Gasteiger partial charge in [-0.1, -0.05) is 12.1 Å². The van der Waals surface area contributed by atoms with Crippen LogP contribution in [-0.4, -0.2) is 34.9 Å². The van der Waals surface area contributed by atoms with Gasteiger partial charge in [0, 0.05) is 5.56 Å². The fourth-order valence-electron chi connectivity index (χ4n) is 2.87. The van der Waals surface area contributed by atoms with Gasteiger partial charge >= 0.3 is 6.61 Å². The molecular weight excluding hydrogens is 382 g/mol. The second-order valence-electron chi connectivity index (χ2n) is 6.21. The van der Waals surface area contributed by atoms with Crippen molar-refractivity contribution in [3.05, 3.63) is 53.9 Å². The van der Waals surface area contributed by atoms with Crippen molar-refractivity contribution < 1.29 is 23.0 Å². The number of ether oxygens (including phenoxy) is 2. The lowest BCUT2D eigenvalue weighted by molar-refractivity contribution is -0.121. The molecule has 0 aliphatic rings. The van der Waals surface area contributed by atoms with E-state index < -0.39 is 6.61 Å². The molecule has 0 radical (unpaired) electrons. The van der Waals surface area contributed by atoms with E-state index in [9.17, 15) is 13.6 Å². The van der Waals surface area contributed by atoms with Crippen LogP contribution in [0.4, 0.5) is 8.78 Å². The molecule has 1 heterocycles. The SMILES string of the molecule is COc1cc(/C(C)=N\NC(=O)Cn2c(C)nc3ccccc32)ccc1OC(F)F. The second kappa shape index (κ2) is 8.68. The largest absolute Gasteiger partial charge is 0.493 e. The Morgan fingerprint density at radius 1 is 1.24 bits per heavy atom. The van der Waals surface area contributed by atoms with Crippen LogP contribution in [0.25, 0.3) is 11.0 Å². The number of alkyl halides is 2. The molecular formula is C20H20F2N4O3. The molecule has 0 saturated heterocycles. The van der Waals surface area contributed by atoms with E-state index in [0.29, 0.717) is 11.3 Å². The number of benzene rings is 2. The van der Waals surface area contributed by atoms with Crippen molar-refractivity contribution in [2.24, 2.45) is 5.10 Å². The average Bonchev–Trinajstić information content (AvgIpc) is 3.01. The topological polar surface area (TPSA) is 77.7 Å². The summed E-state index contributed by atoms with van der Waals surface area (Å²) in [6.07, 6.45) is 0. The Hall–Kier alpha value is -3.49. The predicted octanol–water partition coefficient (Wildman–Crippen LogP) is 3.50. The van der Waals surface area contributed by atoms with Crippen molar-refractivity contribution >= 4 is 22.7 Å². The van der Waals surface area contributed by atoms with Crippen LogP contribution in [0.2, 0.25) is 0 Å². The van der Waals surface area contributed by atoms with E-state index in [2.05, 4.69) is 20.2 Å². The van der Waals surface area contributed by atoms with Gasteiger partial charge in [-0.3, -0.25) is 4.79 Å². The Labute approximate surface area is 165 Å². The standard InChI is InChI=1S/C20H20F2N4O3/c1-12(14-8-9-17(29-20(21)22)18(10-14)28-3)24-25-19(27)11-26-13(2)23-15-6-4-5-7-16(15)26/h4-10,20H,11H2,1-3H3,(H,25,27)/b24-12-. The molecule has 2 aromatic carbocycles. The summed E-state index contributed by atoms with van der Waals surface area (Å²) in [5, 5.41) is 4.09. The zero-order valence-corrected chi connectivity index (χ0v) is 16.1. The van der Waals surface area contributed by atoms with Crippen LogP contribution in [0, 0.1) is 6.92 Å². The van der Waals surface area contributed by atoms with E-state index in [1.54, 1.807) is 17.6 Å². The lowest BCUT2D eigenvalue weighted by Gasteiger charge is -2.11. The highest BCUT2D eigenvalue weighted by Gasteiger charge is 2.13. The third kappa shape index (κ3) is 4.68. The molecule has 29 heavy (non-hydrogen) atoms. The first-order chi connectivity index (χ1) is 13.9. The summed E-state index contributed by atoms with van der Waals surface area (Å²) in [5.41, 5.74) is 5.25. The summed E-state index contributed by atoms with van der Waals surface area (Å²) in [7, 11) is 1.35. The van der Waals surface area contributed by atoms with Gasteiger partial charge in [0.1, 0.15) is 12.4 Å². The molecule has 0 fully saturated rings. The Balaban J connectivity index is 1.72. The number of imidazole rings is 1. The van der Waals surface area contributed by atoms with Crippen LogP contribution in [0.5, 0.6) is 11.5 Å². The summed E-state index contributed by atoms with van der Waals surface area (Å²) in [6, 6.07) is 12.0.